The zero-order valence-electron chi connectivity index (χ0n) is 14.3. The van der Waals surface area contributed by atoms with Crippen LogP contribution in [0.3, 0.4) is 0 Å². The Morgan fingerprint density at radius 2 is 2.04 bits per heavy atom. The van der Waals surface area contributed by atoms with Gasteiger partial charge < -0.3 is 14.4 Å². The molecular formula is C20H22FNO3. The van der Waals surface area contributed by atoms with E-state index in [-0.39, 0.29) is 17.8 Å². The zero-order valence-corrected chi connectivity index (χ0v) is 14.3. The van der Waals surface area contributed by atoms with E-state index in [9.17, 15) is 9.18 Å². The Balaban J connectivity index is 1.57. The summed E-state index contributed by atoms with van der Waals surface area (Å²) in [7, 11) is 1.64. The highest BCUT2D eigenvalue weighted by molar-refractivity contribution is 5.94. The van der Waals surface area contributed by atoms with Gasteiger partial charge in [0.05, 0.1) is 19.8 Å². The highest BCUT2D eigenvalue weighted by atomic mass is 19.1. The maximum Gasteiger partial charge on any atom is 0.253 e. The highest BCUT2D eigenvalue weighted by Crippen LogP contribution is 2.19. The number of nitrogens with zero attached hydrogens (tertiary/aromatic N) is 1. The van der Waals surface area contributed by atoms with Crippen molar-refractivity contribution >= 4 is 5.91 Å². The topological polar surface area (TPSA) is 38.8 Å². The predicted molar refractivity (Wildman–Crippen MR) is 93.1 cm³/mol. The lowest BCUT2D eigenvalue weighted by Crippen LogP contribution is -2.43. The van der Waals surface area contributed by atoms with Gasteiger partial charge in [0, 0.05) is 18.7 Å². The summed E-state index contributed by atoms with van der Waals surface area (Å²) in [6.07, 6.45) is 1.83. The van der Waals surface area contributed by atoms with E-state index in [1.54, 1.807) is 12.0 Å². The molecule has 0 radical (unpaired) electrons. The molecule has 1 atom stereocenters. The molecule has 1 heterocycles. The highest BCUT2D eigenvalue weighted by Gasteiger charge is 2.25. The average Bonchev–Trinajstić information content (AvgIpc) is 2.67. The lowest BCUT2D eigenvalue weighted by Gasteiger charge is -2.32. The van der Waals surface area contributed by atoms with Crippen LogP contribution in [0.15, 0.2) is 48.5 Å². The van der Waals surface area contributed by atoms with Crippen molar-refractivity contribution < 1.29 is 18.7 Å². The molecule has 0 N–H and O–H groups in total. The Labute approximate surface area is 147 Å². The van der Waals surface area contributed by atoms with Crippen LogP contribution in [-0.2, 0) is 11.3 Å². The molecule has 4 nitrogen and oxygen atoms in total. The molecular weight excluding hydrogens is 321 g/mol. The first-order chi connectivity index (χ1) is 12.2. The molecule has 0 aromatic heterocycles. The number of amides is 1. The van der Waals surface area contributed by atoms with Crippen molar-refractivity contribution in [1.82, 2.24) is 4.90 Å². The van der Waals surface area contributed by atoms with Crippen molar-refractivity contribution in [2.45, 2.75) is 25.6 Å². The van der Waals surface area contributed by atoms with Gasteiger partial charge in [0.15, 0.2) is 0 Å². The molecule has 2 aromatic carbocycles. The Kier molecular flexibility index (Phi) is 5.66. The van der Waals surface area contributed by atoms with E-state index in [1.807, 2.05) is 24.3 Å². The number of likely N-dealkylation sites (tertiary alicyclic amines) is 1. The molecule has 0 bridgehead atoms. The van der Waals surface area contributed by atoms with Gasteiger partial charge in [0.2, 0.25) is 0 Å². The van der Waals surface area contributed by atoms with Gasteiger partial charge in [-0.25, -0.2) is 4.39 Å². The molecule has 1 aliphatic heterocycles. The molecule has 0 spiro atoms. The number of halogens is 1. The minimum Gasteiger partial charge on any atom is -0.497 e. The van der Waals surface area contributed by atoms with Gasteiger partial charge in [-0.1, -0.05) is 12.1 Å². The van der Waals surface area contributed by atoms with Crippen molar-refractivity contribution in [2.24, 2.45) is 0 Å². The first-order valence-electron chi connectivity index (χ1n) is 8.45. The summed E-state index contributed by atoms with van der Waals surface area (Å²) in [6.45, 7) is 1.75. The molecule has 2 aromatic rings. The summed E-state index contributed by atoms with van der Waals surface area (Å²) < 4.78 is 24.2. The predicted octanol–water partition coefficient (Wildman–Crippen LogP) is 3.66. The summed E-state index contributed by atoms with van der Waals surface area (Å²) in [4.78, 5) is 14.3. The number of rotatable bonds is 5. The normalized spacial score (nSPS) is 17.4. The fourth-order valence-corrected chi connectivity index (χ4v) is 3.01. The van der Waals surface area contributed by atoms with Crippen LogP contribution in [0.25, 0.3) is 0 Å². The molecule has 0 saturated carbocycles. The minimum absolute atomic E-state index is 0.00403. The van der Waals surface area contributed by atoms with Crippen molar-refractivity contribution in [3.8, 4) is 5.75 Å². The molecule has 1 fully saturated rings. The molecule has 132 valence electrons. The van der Waals surface area contributed by atoms with E-state index in [0.29, 0.717) is 25.3 Å². The SMILES string of the molecule is COc1cccc(COC2CCCN(C(=O)c3ccc(F)cc3)C2)c1. The summed E-state index contributed by atoms with van der Waals surface area (Å²) in [5.74, 6) is 0.391. The Hall–Kier alpha value is -2.40. The zero-order chi connectivity index (χ0) is 17.6. The minimum atomic E-state index is -0.338. The summed E-state index contributed by atoms with van der Waals surface area (Å²) in [5, 5.41) is 0. The van der Waals surface area contributed by atoms with Crippen LogP contribution < -0.4 is 4.74 Å². The van der Waals surface area contributed by atoms with Crippen LogP contribution in [0, 0.1) is 5.82 Å². The fraction of sp³-hybridized carbons (Fsp3) is 0.350. The van der Waals surface area contributed by atoms with Crippen LogP contribution in [0.5, 0.6) is 5.75 Å². The smallest absolute Gasteiger partial charge is 0.253 e. The van der Waals surface area contributed by atoms with Crippen molar-refractivity contribution in [3.63, 3.8) is 0 Å². The third-order valence-corrected chi connectivity index (χ3v) is 4.38. The molecule has 5 heteroatoms. The number of carbonyl (C=O) groups is 1. The van der Waals surface area contributed by atoms with Crippen LogP contribution >= 0.6 is 0 Å². The molecule has 1 amide bonds. The van der Waals surface area contributed by atoms with E-state index >= 15 is 0 Å². The van der Waals surface area contributed by atoms with Crippen LogP contribution in [-0.4, -0.2) is 37.1 Å². The van der Waals surface area contributed by atoms with Gasteiger partial charge in [0.1, 0.15) is 11.6 Å². The van der Waals surface area contributed by atoms with Crippen molar-refractivity contribution in [2.75, 3.05) is 20.2 Å². The van der Waals surface area contributed by atoms with E-state index in [2.05, 4.69) is 0 Å². The van der Waals surface area contributed by atoms with Gasteiger partial charge in [-0.3, -0.25) is 4.79 Å². The van der Waals surface area contributed by atoms with Gasteiger partial charge in [0.25, 0.3) is 5.91 Å². The monoisotopic (exact) mass is 343 g/mol. The van der Waals surface area contributed by atoms with Crippen LogP contribution in [0.1, 0.15) is 28.8 Å². The van der Waals surface area contributed by atoms with E-state index in [1.165, 1.54) is 24.3 Å². The lowest BCUT2D eigenvalue weighted by atomic mass is 10.1. The second-order valence-corrected chi connectivity index (χ2v) is 6.18. The number of ether oxygens (including phenoxy) is 2. The first-order valence-corrected chi connectivity index (χ1v) is 8.45. The molecule has 0 aliphatic carbocycles. The summed E-state index contributed by atoms with van der Waals surface area (Å²) >= 11 is 0. The van der Waals surface area contributed by atoms with Crippen molar-refractivity contribution in [1.29, 1.82) is 0 Å². The lowest BCUT2D eigenvalue weighted by molar-refractivity contribution is -0.00677. The number of hydrogen-bond donors (Lipinski definition) is 0. The number of methoxy groups -OCH3 is 1. The molecule has 1 unspecified atom stereocenters. The number of carbonyl (C=O) groups excluding carboxylic acids is 1. The fourth-order valence-electron chi connectivity index (χ4n) is 3.01. The second-order valence-electron chi connectivity index (χ2n) is 6.18. The van der Waals surface area contributed by atoms with Gasteiger partial charge in [-0.15, -0.1) is 0 Å². The van der Waals surface area contributed by atoms with Crippen LogP contribution in [0.4, 0.5) is 4.39 Å². The van der Waals surface area contributed by atoms with E-state index in [0.717, 1.165) is 24.2 Å². The average molecular weight is 343 g/mol. The second kappa shape index (κ2) is 8.12. The number of benzene rings is 2. The Bertz CT molecular complexity index is 717. The van der Waals surface area contributed by atoms with Gasteiger partial charge >= 0.3 is 0 Å². The molecule has 1 aliphatic rings. The first kappa shape index (κ1) is 17.4. The summed E-state index contributed by atoms with van der Waals surface area (Å²) in [5.41, 5.74) is 1.55. The van der Waals surface area contributed by atoms with Gasteiger partial charge in [-0.2, -0.15) is 0 Å². The summed E-state index contributed by atoms with van der Waals surface area (Å²) in [6, 6.07) is 13.5. The molecule has 3 rings (SSSR count). The van der Waals surface area contributed by atoms with E-state index < -0.39 is 0 Å². The van der Waals surface area contributed by atoms with E-state index in [4.69, 9.17) is 9.47 Å². The third-order valence-electron chi connectivity index (χ3n) is 4.38. The maximum atomic E-state index is 13.0. The van der Waals surface area contributed by atoms with Crippen molar-refractivity contribution in [3.05, 3.63) is 65.5 Å². The number of hydrogen-bond acceptors (Lipinski definition) is 3. The maximum absolute atomic E-state index is 13.0. The largest absolute Gasteiger partial charge is 0.497 e. The Morgan fingerprint density at radius 3 is 2.80 bits per heavy atom. The van der Waals surface area contributed by atoms with Crippen LogP contribution in [0.2, 0.25) is 0 Å². The van der Waals surface area contributed by atoms with Gasteiger partial charge in [-0.05, 0) is 54.8 Å². The standard InChI is InChI=1S/C20H22FNO3/c1-24-18-5-2-4-15(12-18)14-25-19-6-3-11-22(13-19)20(23)16-7-9-17(21)10-8-16/h2,4-5,7-10,12,19H,3,6,11,13-14H2,1H3. The quantitative estimate of drug-likeness (QED) is 0.832. The molecule has 1 saturated heterocycles. The molecule has 25 heavy (non-hydrogen) atoms. The number of piperidine rings is 1. The Morgan fingerprint density at radius 1 is 1.24 bits per heavy atom. The third kappa shape index (κ3) is 4.57.